The Morgan fingerprint density at radius 2 is 1.14 bits per heavy atom. The molecule has 0 aliphatic carbocycles. The second kappa shape index (κ2) is 24.2. The lowest BCUT2D eigenvalue weighted by Crippen LogP contribution is -2.14. The number of nitriles is 1. The molecule has 0 saturated heterocycles. The van der Waals surface area contributed by atoms with Crippen molar-refractivity contribution in [2.75, 3.05) is 34.8 Å². The van der Waals surface area contributed by atoms with E-state index in [2.05, 4.69) is 104 Å². The van der Waals surface area contributed by atoms with Crippen LogP contribution in [0.3, 0.4) is 0 Å². The molecule has 0 bridgehead atoms. The highest BCUT2D eigenvalue weighted by Gasteiger charge is 2.31. The Balaban J connectivity index is 0.000000157. The summed E-state index contributed by atoms with van der Waals surface area (Å²) in [5, 5.41) is 32.6. The molecule has 16 nitrogen and oxygen atoms in total. The first-order valence-electron chi connectivity index (χ1n) is 21.7. The molecule has 7 N–H and O–H groups in total. The molecule has 9 rings (SSSR count). The van der Waals surface area contributed by atoms with Crippen LogP contribution >= 0.6 is 34.0 Å². The summed E-state index contributed by atoms with van der Waals surface area (Å²) < 4.78 is 38.6. The summed E-state index contributed by atoms with van der Waals surface area (Å²) in [6.45, 7) is 9.82. The van der Waals surface area contributed by atoms with E-state index in [-0.39, 0.29) is 23.9 Å². The van der Waals surface area contributed by atoms with Gasteiger partial charge in [-0.2, -0.15) is 18.4 Å². The first-order valence-corrected chi connectivity index (χ1v) is 24.1. The maximum Gasteiger partial charge on any atom is 0.416 e. The molecule has 3 aromatic carbocycles. The van der Waals surface area contributed by atoms with Crippen LogP contribution in [0.2, 0.25) is 0 Å². The van der Waals surface area contributed by atoms with Crippen molar-refractivity contribution in [2.24, 2.45) is 0 Å². The lowest BCUT2D eigenvalue weighted by molar-refractivity contribution is -0.137. The van der Waals surface area contributed by atoms with E-state index in [0.29, 0.717) is 28.2 Å². The number of nitrogens with two attached hydrogens (primary N) is 1. The van der Waals surface area contributed by atoms with Crippen LogP contribution in [-0.2, 0) is 12.7 Å². The average Bonchev–Trinajstić information content (AvgIpc) is 4.12. The SMILES string of the molecule is Cc1cc(C)cc(Nc2nccc(-c3ncc(CNCCCO)s3)n2)c1.Cc1cnc(-c2ccnc(Nc3cc(N)cc(C(F)(F)F)c3)n2)s1.Cc1cnc(-c2ccnc(Nc3cccc(C#N)c3)n2)s1. The number of rotatable bonds is 14. The first kappa shape index (κ1) is 51.1. The zero-order valence-electron chi connectivity index (χ0n) is 38.7. The molecule has 0 amide bonds. The van der Waals surface area contributed by atoms with Crippen molar-refractivity contribution in [3.05, 3.63) is 153 Å². The van der Waals surface area contributed by atoms with Gasteiger partial charge in [0.25, 0.3) is 0 Å². The average molecular weight is 1010 g/mol. The molecular weight excluding hydrogens is 968 g/mol. The van der Waals surface area contributed by atoms with E-state index in [1.807, 2.05) is 50.5 Å². The van der Waals surface area contributed by atoms with Gasteiger partial charge in [-0.25, -0.2) is 44.9 Å². The predicted molar refractivity (Wildman–Crippen MR) is 275 cm³/mol. The molecule has 0 atom stereocenters. The van der Waals surface area contributed by atoms with Crippen molar-refractivity contribution in [3.63, 3.8) is 0 Å². The number of aliphatic hydroxyl groups excluding tert-OH is 1. The molecule has 0 spiro atoms. The van der Waals surface area contributed by atoms with Crippen molar-refractivity contribution in [2.45, 2.75) is 46.8 Å². The molecule has 0 fully saturated rings. The summed E-state index contributed by atoms with van der Waals surface area (Å²) in [6.07, 6.45) is 6.64. The van der Waals surface area contributed by atoms with E-state index in [9.17, 15) is 13.2 Å². The Labute approximate surface area is 419 Å². The van der Waals surface area contributed by atoms with E-state index < -0.39 is 11.7 Å². The molecule has 9 aromatic rings. The van der Waals surface area contributed by atoms with Crippen LogP contribution in [0, 0.1) is 39.0 Å². The maximum absolute atomic E-state index is 12.9. The van der Waals surface area contributed by atoms with Gasteiger partial charge in [0.2, 0.25) is 17.8 Å². The fourth-order valence-electron chi connectivity index (χ4n) is 6.47. The summed E-state index contributed by atoms with van der Waals surface area (Å²) in [5.74, 6) is 1.21. The molecule has 6 aromatic heterocycles. The number of halogens is 3. The number of nitrogens with one attached hydrogen (secondary N) is 4. The largest absolute Gasteiger partial charge is 0.416 e. The molecule has 22 heteroatoms. The van der Waals surface area contributed by atoms with Crippen molar-refractivity contribution in [3.8, 4) is 38.2 Å². The Morgan fingerprint density at radius 3 is 1.65 bits per heavy atom. The van der Waals surface area contributed by atoms with Crippen LogP contribution in [0.15, 0.2) is 116 Å². The van der Waals surface area contributed by atoms with Crippen LogP contribution in [0.4, 0.5) is 53.8 Å². The van der Waals surface area contributed by atoms with Gasteiger partial charge in [-0.05, 0) is 119 Å². The van der Waals surface area contributed by atoms with Gasteiger partial charge in [-0.15, -0.1) is 34.0 Å². The maximum atomic E-state index is 12.9. The minimum atomic E-state index is -4.48. The number of thiazole rings is 3. The van der Waals surface area contributed by atoms with Crippen LogP contribution in [-0.4, -0.2) is 63.1 Å². The lowest BCUT2D eigenvalue weighted by Gasteiger charge is -2.11. The quantitative estimate of drug-likeness (QED) is 0.0439. The Kier molecular flexibility index (Phi) is 17.4. The summed E-state index contributed by atoms with van der Waals surface area (Å²) >= 11 is 4.67. The molecule has 362 valence electrons. The number of alkyl halides is 3. The number of benzene rings is 3. The van der Waals surface area contributed by atoms with Crippen molar-refractivity contribution in [1.29, 1.82) is 5.26 Å². The summed E-state index contributed by atoms with van der Waals surface area (Å²) in [7, 11) is 0. The zero-order chi connectivity index (χ0) is 50.3. The third-order valence-corrected chi connectivity index (χ3v) is 12.4. The fourth-order valence-corrected chi connectivity index (χ4v) is 8.79. The number of hydrogen-bond donors (Lipinski definition) is 6. The first-order chi connectivity index (χ1) is 34.2. The molecule has 71 heavy (non-hydrogen) atoms. The van der Waals surface area contributed by atoms with Gasteiger partial charge in [-0.1, -0.05) is 12.1 Å². The molecule has 0 aliphatic rings. The number of aryl methyl sites for hydroxylation is 4. The molecule has 6 heterocycles. The minimum Gasteiger partial charge on any atom is -0.399 e. The highest BCUT2D eigenvalue weighted by molar-refractivity contribution is 7.15. The van der Waals surface area contributed by atoms with Gasteiger partial charge in [0.15, 0.2) is 0 Å². The van der Waals surface area contributed by atoms with E-state index >= 15 is 0 Å². The normalized spacial score (nSPS) is 10.9. The third-order valence-electron chi connectivity index (χ3n) is 9.50. The van der Waals surface area contributed by atoms with Crippen molar-refractivity contribution >= 4 is 74.6 Å². The van der Waals surface area contributed by atoms with Crippen LogP contribution in [0.25, 0.3) is 32.1 Å². The number of anilines is 7. The number of aromatic nitrogens is 9. The molecule has 0 aliphatic heterocycles. The summed E-state index contributed by atoms with van der Waals surface area (Å²) in [6, 6.07) is 24.2. The molecule has 0 unspecified atom stereocenters. The molecule has 0 saturated carbocycles. The van der Waals surface area contributed by atoms with E-state index in [1.54, 1.807) is 59.5 Å². The minimum absolute atomic E-state index is 0.000900. The van der Waals surface area contributed by atoms with Gasteiger partial charge in [0, 0.05) is 87.7 Å². The van der Waals surface area contributed by atoms with Crippen molar-refractivity contribution < 1.29 is 18.3 Å². The monoisotopic (exact) mass is 1010 g/mol. The topological polar surface area (TPSA) is 234 Å². The van der Waals surface area contributed by atoms with E-state index in [1.165, 1.54) is 34.7 Å². The zero-order valence-corrected chi connectivity index (χ0v) is 41.1. The van der Waals surface area contributed by atoms with Gasteiger partial charge in [-0.3, -0.25) is 0 Å². The van der Waals surface area contributed by atoms with Gasteiger partial charge >= 0.3 is 6.18 Å². The van der Waals surface area contributed by atoms with Crippen LogP contribution in [0.5, 0.6) is 0 Å². The highest BCUT2D eigenvalue weighted by atomic mass is 32.1. The third kappa shape index (κ3) is 15.3. The van der Waals surface area contributed by atoms with Crippen molar-refractivity contribution in [1.82, 2.24) is 50.2 Å². The summed E-state index contributed by atoms with van der Waals surface area (Å²) in [4.78, 5) is 42.2. The highest BCUT2D eigenvalue weighted by Crippen LogP contribution is 2.34. The van der Waals surface area contributed by atoms with Gasteiger partial charge in [0.05, 0.1) is 17.2 Å². The number of hydrogen-bond acceptors (Lipinski definition) is 19. The molecule has 0 radical (unpaired) electrons. The van der Waals surface area contributed by atoms with Crippen LogP contribution < -0.4 is 27.0 Å². The molecular formula is C49H46F3N15OS3. The Bertz CT molecular complexity index is 3220. The van der Waals surface area contributed by atoms with E-state index in [0.717, 1.165) is 79.1 Å². The number of aliphatic hydroxyl groups is 1. The smallest absolute Gasteiger partial charge is 0.399 e. The lowest BCUT2D eigenvalue weighted by atomic mass is 10.1. The van der Waals surface area contributed by atoms with E-state index in [4.69, 9.17) is 16.1 Å². The van der Waals surface area contributed by atoms with Gasteiger partial charge < -0.3 is 32.1 Å². The fraction of sp³-hybridized carbons (Fsp3) is 0.184. The standard InChI is InChI=1S/C19H23N5OS.C15H12F3N5S.C15H11N5S/c1-13-8-14(2)10-15(9-13)23-19-21-6-4-17(24-19)18-22-12-16(26-18)11-20-5-3-7-25;1-8-7-21-13(24-8)12-2-3-20-14(23-12)22-11-5-9(15(16,17)18)4-10(19)6-11;1-10-9-18-14(21-10)13-5-6-17-15(20-13)19-12-4-2-3-11(7-12)8-16/h4,6,8-10,12,20,25H,3,5,7,11H2,1-2H3,(H,21,23,24);2-7H,19H2,1H3,(H,20,22,23);2-7,9H,1H3,(H,17,19,20). The predicted octanol–water partition coefficient (Wildman–Crippen LogP) is 11.2. The van der Waals surface area contributed by atoms with Crippen LogP contribution in [0.1, 0.15) is 43.3 Å². The Morgan fingerprint density at radius 1 is 0.620 bits per heavy atom. The number of nitrogen functional groups attached to an aromatic ring is 1. The Hall–Kier alpha value is -7.81. The second-order valence-corrected chi connectivity index (χ2v) is 19.1. The number of nitrogens with zero attached hydrogens (tertiary/aromatic N) is 10. The second-order valence-electron chi connectivity index (χ2n) is 15.5. The van der Waals surface area contributed by atoms with Gasteiger partial charge in [0.1, 0.15) is 32.1 Å². The summed E-state index contributed by atoms with van der Waals surface area (Å²) in [5.41, 5.74) is 11.8.